The molecule has 2 rings (SSSR count). The third kappa shape index (κ3) is 2.91. The van der Waals surface area contributed by atoms with E-state index < -0.39 is 0 Å². The molecular formula is C12H17N3S2. The van der Waals surface area contributed by atoms with Crippen molar-refractivity contribution in [3.05, 3.63) is 21.5 Å². The summed E-state index contributed by atoms with van der Waals surface area (Å²) < 4.78 is 0. The molecule has 2 aromatic rings. The summed E-state index contributed by atoms with van der Waals surface area (Å²) in [6.45, 7) is 7.37. The van der Waals surface area contributed by atoms with Crippen LogP contribution in [0.25, 0.3) is 10.7 Å². The molecule has 0 saturated carbocycles. The zero-order valence-electron chi connectivity index (χ0n) is 10.6. The fourth-order valence-electron chi connectivity index (χ4n) is 1.40. The molecule has 0 amide bonds. The lowest BCUT2D eigenvalue weighted by molar-refractivity contribution is 0.586. The molecule has 5 heteroatoms. The van der Waals surface area contributed by atoms with Crippen LogP contribution in [0.15, 0.2) is 10.8 Å². The summed E-state index contributed by atoms with van der Waals surface area (Å²) in [6, 6.07) is 0. The summed E-state index contributed by atoms with van der Waals surface area (Å²) in [5.74, 6) is 0. The third-order valence-corrected chi connectivity index (χ3v) is 4.46. The molecule has 0 aromatic carbocycles. The van der Waals surface area contributed by atoms with Gasteiger partial charge in [-0.1, -0.05) is 20.8 Å². The molecule has 3 nitrogen and oxygen atoms in total. The molecule has 0 aliphatic carbocycles. The Bertz CT molecular complexity index is 494. The second-order valence-corrected chi connectivity index (χ2v) is 6.68. The second kappa shape index (κ2) is 4.84. The number of hydrogen-bond acceptors (Lipinski definition) is 5. The quantitative estimate of drug-likeness (QED) is 0.927. The fourth-order valence-corrected chi connectivity index (χ4v) is 3.15. The van der Waals surface area contributed by atoms with Gasteiger partial charge in [0.15, 0.2) is 0 Å². The van der Waals surface area contributed by atoms with Crippen LogP contribution in [0.3, 0.4) is 0 Å². The average molecular weight is 267 g/mol. The molecular weight excluding hydrogens is 250 g/mol. The van der Waals surface area contributed by atoms with E-state index in [9.17, 15) is 0 Å². The molecule has 0 atom stereocenters. The highest BCUT2D eigenvalue weighted by Gasteiger charge is 2.19. The van der Waals surface area contributed by atoms with Crippen molar-refractivity contribution in [2.45, 2.75) is 32.7 Å². The first-order chi connectivity index (χ1) is 8.00. The standard InChI is InChI=1S/C12H17N3S2/c1-12(2,3)11-15-9(7-17-11)10-14-8(5-13-4)6-16-10/h6-7,13H,5H2,1-4H3. The van der Waals surface area contributed by atoms with Gasteiger partial charge in [0.2, 0.25) is 0 Å². The van der Waals surface area contributed by atoms with Crippen LogP contribution in [0.5, 0.6) is 0 Å². The Balaban J connectivity index is 2.24. The molecule has 0 spiro atoms. The van der Waals surface area contributed by atoms with Crippen molar-refractivity contribution in [3.63, 3.8) is 0 Å². The van der Waals surface area contributed by atoms with E-state index in [4.69, 9.17) is 0 Å². The highest BCUT2D eigenvalue weighted by atomic mass is 32.1. The minimum absolute atomic E-state index is 0.119. The number of rotatable bonds is 3. The van der Waals surface area contributed by atoms with Crippen LogP contribution < -0.4 is 5.32 Å². The van der Waals surface area contributed by atoms with Gasteiger partial charge in [-0.25, -0.2) is 9.97 Å². The molecule has 0 radical (unpaired) electrons. The monoisotopic (exact) mass is 267 g/mol. The van der Waals surface area contributed by atoms with E-state index in [1.807, 2.05) is 7.05 Å². The van der Waals surface area contributed by atoms with Crippen LogP contribution in [0.1, 0.15) is 31.5 Å². The number of hydrogen-bond donors (Lipinski definition) is 1. The van der Waals surface area contributed by atoms with Gasteiger partial charge in [-0.3, -0.25) is 0 Å². The van der Waals surface area contributed by atoms with E-state index in [0.29, 0.717) is 0 Å². The summed E-state index contributed by atoms with van der Waals surface area (Å²) in [5.41, 5.74) is 2.21. The van der Waals surface area contributed by atoms with Crippen molar-refractivity contribution >= 4 is 22.7 Å². The highest BCUT2D eigenvalue weighted by Crippen LogP contribution is 2.31. The SMILES string of the molecule is CNCc1csc(-c2csc(C(C)(C)C)n2)n1. The van der Waals surface area contributed by atoms with Crippen LogP contribution in [0, 0.1) is 0 Å². The van der Waals surface area contributed by atoms with Crippen LogP contribution in [0.2, 0.25) is 0 Å². The van der Waals surface area contributed by atoms with Crippen LogP contribution in [-0.4, -0.2) is 17.0 Å². The van der Waals surface area contributed by atoms with E-state index in [2.05, 4.69) is 46.8 Å². The lowest BCUT2D eigenvalue weighted by Crippen LogP contribution is -2.10. The van der Waals surface area contributed by atoms with Gasteiger partial charge in [0.1, 0.15) is 10.7 Å². The molecule has 0 fully saturated rings. The summed E-state index contributed by atoms with van der Waals surface area (Å²) in [4.78, 5) is 9.24. The van der Waals surface area contributed by atoms with Gasteiger partial charge in [0.05, 0.1) is 10.7 Å². The summed E-state index contributed by atoms with van der Waals surface area (Å²) in [7, 11) is 1.93. The molecule has 0 saturated heterocycles. The van der Waals surface area contributed by atoms with Crippen molar-refractivity contribution in [1.29, 1.82) is 0 Å². The van der Waals surface area contributed by atoms with Crippen molar-refractivity contribution in [1.82, 2.24) is 15.3 Å². The predicted octanol–water partition coefficient (Wildman–Crippen LogP) is 3.28. The lowest BCUT2D eigenvalue weighted by Gasteiger charge is -2.13. The number of thiazole rings is 2. The van der Waals surface area contributed by atoms with E-state index in [-0.39, 0.29) is 5.41 Å². The van der Waals surface area contributed by atoms with Gasteiger partial charge in [0, 0.05) is 22.7 Å². The molecule has 0 unspecified atom stereocenters. The van der Waals surface area contributed by atoms with Crippen molar-refractivity contribution in [2.24, 2.45) is 0 Å². The normalized spacial score (nSPS) is 12.0. The van der Waals surface area contributed by atoms with Gasteiger partial charge in [-0.15, -0.1) is 22.7 Å². The summed E-state index contributed by atoms with van der Waals surface area (Å²) in [6.07, 6.45) is 0. The lowest BCUT2D eigenvalue weighted by atomic mass is 9.98. The summed E-state index contributed by atoms with van der Waals surface area (Å²) in [5, 5.41) is 9.47. The highest BCUT2D eigenvalue weighted by molar-refractivity contribution is 7.14. The van der Waals surface area contributed by atoms with E-state index in [1.165, 1.54) is 0 Å². The van der Waals surface area contributed by atoms with Crippen LogP contribution in [0.4, 0.5) is 0 Å². The van der Waals surface area contributed by atoms with Crippen molar-refractivity contribution in [2.75, 3.05) is 7.05 Å². The van der Waals surface area contributed by atoms with Crippen molar-refractivity contribution < 1.29 is 0 Å². The Morgan fingerprint density at radius 2 is 1.94 bits per heavy atom. The van der Waals surface area contributed by atoms with E-state index >= 15 is 0 Å². The third-order valence-electron chi connectivity index (χ3n) is 2.27. The molecule has 1 N–H and O–H groups in total. The van der Waals surface area contributed by atoms with Gasteiger partial charge in [-0.2, -0.15) is 0 Å². The number of nitrogens with zero attached hydrogens (tertiary/aromatic N) is 2. The number of nitrogens with one attached hydrogen (secondary N) is 1. The maximum Gasteiger partial charge on any atom is 0.143 e. The number of aromatic nitrogens is 2. The largest absolute Gasteiger partial charge is 0.314 e. The average Bonchev–Trinajstić information content (AvgIpc) is 2.82. The first-order valence-corrected chi connectivity index (χ1v) is 7.32. The molecule has 0 aliphatic heterocycles. The minimum Gasteiger partial charge on any atom is -0.314 e. The Hall–Kier alpha value is -0.780. The smallest absolute Gasteiger partial charge is 0.143 e. The summed E-state index contributed by atoms with van der Waals surface area (Å²) >= 11 is 3.37. The van der Waals surface area contributed by atoms with Crippen LogP contribution >= 0.6 is 22.7 Å². The topological polar surface area (TPSA) is 37.8 Å². The fraction of sp³-hybridized carbons (Fsp3) is 0.500. The Morgan fingerprint density at radius 3 is 2.53 bits per heavy atom. The maximum atomic E-state index is 4.67. The Morgan fingerprint density at radius 1 is 1.18 bits per heavy atom. The minimum atomic E-state index is 0.119. The Labute approximate surface area is 110 Å². The van der Waals surface area contributed by atoms with E-state index in [1.54, 1.807) is 22.7 Å². The van der Waals surface area contributed by atoms with Gasteiger partial charge < -0.3 is 5.32 Å². The zero-order chi connectivity index (χ0) is 12.5. The van der Waals surface area contributed by atoms with Gasteiger partial charge in [-0.05, 0) is 7.05 Å². The molecule has 92 valence electrons. The zero-order valence-corrected chi connectivity index (χ0v) is 12.2. The second-order valence-electron chi connectivity index (χ2n) is 4.96. The van der Waals surface area contributed by atoms with Gasteiger partial charge in [0.25, 0.3) is 0 Å². The molecule has 2 aromatic heterocycles. The molecule has 17 heavy (non-hydrogen) atoms. The maximum absolute atomic E-state index is 4.67. The Kier molecular flexibility index (Phi) is 3.61. The van der Waals surface area contributed by atoms with Crippen molar-refractivity contribution in [3.8, 4) is 10.7 Å². The molecule has 0 bridgehead atoms. The molecule has 2 heterocycles. The van der Waals surface area contributed by atoms with E-state index in [0.717, 1.165) is 27.9 Å². The van der Waals surface area contributed by atoms with Crippen LogP contribution in [-0.2, 0) is 12.0 Å². The molecule has 0 aliphatic rings. The first kappa shape index (κ1) is 12.7. The predicted molar refractivity (Wildman–Crippen MR) is 74.7 cm³/mol. The first-order valence-electron chi connectivity index (χ1n) is 5.56. The van der Waals surface area contributed by atoms with Gasteiger partial charge >= 0.3 is 0 Å².